The van der Waals surface area contributed by atoms with Crippen molar-refractivity contribution in [2.75, 3.05) is 13.7 Å². The molecule has 0 bridgehead atoms. The zero-order valence-electron chi connectivity index (χ0n) is 23.1. The molecule has 14 heteroatoms. The topological polar surface area (TPSA) is 237 Å². The lowest BCUT2D eigenvalue weighted by atomic mass is 9.40. The van der Waals surface area contributed by atoms with Crippen LogP contribution >= 0.6 is 0 Å². The molecule has 2 aliphatic carbocycles. The van der Waals surface area contributed by atoms with Gasteiger partial charge in [-0.2, -0.15) is 0 Å². The van der Waals surface area contributed by atoms with Crippen molar-refractivity contribution in [3.63, 3.8) is 0 Å². The summed E-state index contributed by atoms with van der Waals surface area (Å²) >= 11 is 0. The summed E-state index contributed by atoms with van der Waals surface area (Å²) in [5.41, 5.74) is -7.93. The summed E-state index contributed by atoms with van der Waals surface area (Å²) in [6.45, 7) is 2.21. The molecule has 14 nitrogen and oxygen atoms in total. The van der Waals surface area contributed by atoms with Gasteiger partial charge in [0.1, 0.15) is 24.4 Å². The molecule has 0 amide bonds. The van der Waals surface area contributed by atoms with Gasteiger partial charge >= 0.3 is 11.9 Å². The molecule has 0 unspecified atom stereocenters. The molecular formula is C27H40O14. The summed E-state index contributed by atoms with van der Waals surface area (Å²) in [6.07, 6.45) is -9.41. The van der Waals surface area contributed by atoms with E-state index in [0.717, 1.165) is 7.11 Å². The van der Waals surface area contributed by atoms with E-state index in [9.17, 15) is 50.4 Å². The van der Waals surface area contributed by atoms with Crippen molar-refractivity contribution in [1.82, 2.24) is 0 Å². The Hall–Kier alpha value is -2.14. The predicted molar refractivity (Wildman–Crippen MR) is 135 cm³/mol. The maximum atomic E-state index is 13.2. The SMILES string of the molecule is COC(=O)[C@@]1(O)CCC[C@@H]2[C@@]1(C)[C@H](O[C@@H]1O[C@@H](CO)[C@H](O)[C@@H](O)[C@H]1O)C[C@@](O)(C(=O)O)[C@@]2(C)C[C@H](O)c1ccoc1. The van der Waals surface area contributed by atoms with Crippen molar-refractivity contribution < 1.29 is 69.1 Å². The summed E-state index contributed by atoms with van der Waals surface area (Å²) in [5.74, 6) is -3.67. The second kappa shape index (κ2) is 11.2. The minimum Gasteiger partial charge on any atom is -0.479 e. The smallest absolute Gasteiger partial charge is 0.338 e. The van der Waals surface area contributed by atoms with Crippen LogP contribution in [0.4, 0.5) is 0 Å². The first-order valence-electron chi connectivity index (χ1n) is 13.5. The van der Waals surface area contributed by atoms with Crippen LogP contribution in [0.1, 0.15) is 57.6 Å². The van der Waals surface area contributed by atoms with Crippen LogP contribution < -0.4 is 0 Å². The molecule has 1 aromatic rings. The average molecular weight is 589 g/mol. The second-order valence-corrected chi connectivity index (χ2v) is 12.0. The molecule has 0 radical (unpaired) electrons. The third-order valence-electron chi connectivity index (χ3n) is 10.1. The van der Waals surface area contributed by atoms with Crippen molar-refractivity contribution in [2.24, 2.45) is 16.7 Å². The van der Waals surface area contributed by atoms with E-state index in [1.807, 2.05) is 0 Å². The first-order valence-corrected chi connectivity index (χ1v) is 13.5. The van der Waals surface area contributed by atoms with Gasteiger partial charge in [0.05, 0.1) is 38.5 Å². The number of hydrogen-bond acceptors (Lipinski definition) is 13. The minimum absolute atomic E-state index is 0.104. The molecule has 2 heterocycles. The number of furan rings is 1. The zero-order chi connectivity index (χ0) is 30.5. The number of methoxy groups -OCH3 is 1. The average Bonchev–Trinajstić information content (AvgIpc) is 3.48. The standard InChI is InChI=1S/C27H40O14/c1-24(9-14(29)13-6-8-39-12-13)16-5-4-7-26(36,23(35)38-3)25(16,2)17(10-27(24,37)22(33)34)41-21-20(32)19(31)18(30)15(11-28)40-21/h6,8,12,14-21,28-32,36-37H,4-5,7,9-11H2,1-3H3,(H,33,34)/t14-,15-,16-,17+,18-,19+,20+,21-,24-,25-,26-,27+/m0/s1. The van der Waals surface area contributed by atoms with E-state index in [2.05, 4.69) is 0 Å². The number of fused-ring (bicyclic) bond motifs is 1. The molecule has 1 saturated heterocycles. The first-order chi connectivity index (χ1) is 19.1. The van der Waals surface area contributed by atoms with Gasteiger partial charge in [-0.25, -0.2) is 9.59 Å². The lowest BCUT2D eigenvalue weighted by Crippen LogP contribution is -2.76. The Morgan fingerprint density at radius 3 is 2.37 bits per heavy atom. The van der Waals surface area contributed by atoms with Crippen LogP contribution in [0.15, 0.2) is 23.0 Å². The number of carbonyl (C=O) groups is 2. The Balaban J connectivity index is 1.85. The number of carbonyl (C=O) groups excluding carboxylic acids is 1. The minimum atomic E-state index is -2.60. The van der Waals surface area contributed by atoms with Crippen LogP contribution in [0.2, 0.25) is 0 Å². The molecule has 4 rings (SSSR count). The Morgan fingerprint density at radius 1 is 1.12 bits per heavy atom. The normalized spacial score (nSPS) is 45.5. The summed E-state index contributed by atoms with van der Waals surface area (Å²) in [6, 6.07) is 1.49. The van der Waals surface area contributed by atoms with Gasteiger partial charge in [-0.15, -0.1) is 0 Å². The molecule has 1 aromatic heterocycles. The van der Waals surface area contributed by atoms with Crippen molar-refractivity contribution in [1.29, 1.82) is 0 Å². The van der Waals surface area contributed by atoms with Crippen molar-refractivity contribution in [3.05, 3.63) is 24.2 Å². The van der Waals surface area contributed by atoms with Gasteiger partial charge in [0.15, 0.2) is 17.5 Å². The lowest BCUT2D eigenvalue weighted by molar-refractivity contribution is -0.355. The molecule has 12 atom stereocenters. The number of aliphatic carboxylic acids is 1. The highest BCUT2D eigenvalue weighted by atomic mass is 16.7. The second-order valence-electron chi connectivity index (χ2n) is 12.0. The highest BCUT2D eigenvalue weighted by Crippen LogP contribution is 2.67. The summed E-state index contributed by atoms with van der Waals surface area (Å²) in [4.78, 5) is 26.0. The van der Waals surface area contributed by atoms with E-state index in [1.54, 1.807) is 0 Å². The molecule has 2 saturated carbocycles. The van der Waals surface area contributed by atoms with Gasteiger partial charge in [-0.3, -0.25) is 0 Å². The van der Waals surface area contributed by atoms with Crippen LogP contribution in [0.5, 0.6) is 0 Å². The van der Waals surface area contributed by atoms with Crippen molar-refractivity contribution in [2.45, 2.75) is 100 Å². The number of ether oxygens (including phenoxy) is 3. The monoisotopic (exact) mass is 588 g/mol. The number of aliphatic hydroxyl groups is 7. The number of esters is 1. The summed E-state index contributed by atoms with van der Waals surface area (Å²) in [5, 5.41) is 86.3. The van der Waals surface area contributed by atoms with Crippen LogP contribution in [-0.4, -0.2) is 115 Å². The zero-order valence-corrected chi connectivity index (χ0v) is 23.1. The number of carboxylic acids is 1. The fourth-order valence-electron chi connectivity index (χ4n) is 7.54. The first kappa shape index (κ1) is 31.8. The molecule has 0 aromatic carbocycles. The fraction of sp³-hybridized carbons (Fsp3) is 0.778. The van der Waals surface area contributed by atoms with E-state index < -0.39 is 95.8 Å². The Kier molecular flexibility index (Phi) is 8.66. The van der Waals surface area contributed by atoms with Gasteiger partial charge in [0.2, 0.25) is 0 Å². The van der Waals surface area contributed by atoms with E-state index >= 15 is 0 Å². The fourth-order valence-corrected chi connectivity index (χ4v) is 7.54. The van der Waals surface area contributed by atoms with Crippen LogP contribution in [0.3, 0.4) is 0 Å². The molecule has 0 spiro atoms. The quantitative estimate of drug-likeness (QED) is 0.167. The molecule has 232 valence electrons. The molecular weight excluding hydrogens is 548 g/mol. The van der Waals surface area contributed by atoms with Gasteiger partial charge in [-0.05, 0) is 37.7 Å². The van der Waals surface area contributed by atoms with Crippen LogP contribution in [0.25, 0.3) is 0 Å². The summed E-state index contributed by atoms with van der Waals surface area (Å²) in [7, 11) is 1.08. The molecule has 3 fully saturated rings. The van der Waals surface area contributed by atoms with Gasteiger partial charge < -0.3 is 59.5 Å². The largest absolute Gasteiger partial charge is 0.479 e. The number of aliphatic hydroxyl groups excluding tert-OH is 5. The molecule has 8 N–H and O–H groups in total. The van der Waals surface area contributed by atoms with Crippen LogP contribution in [-0.2, 0) is 23.8 Å². The Labute approximate surface area is 236 Å². The van der Waals surface area contributed by atoms with Gasteiger partial charge in [0, 0.05) is 22.8 Å². The van der Waals surface area contributed by atoms with Gasteiger partial charge in [0.25, 0.3) is 0 Å². The Bertz CT molecular complexity index is 1090. The lowest BCUT2D eigenvalue weighted by Gasteiger charge is -2.66. The molecule has 1 aliphatic heterocycles. The van der Waals surface area contributed by atoms with E-state index in [1.165, 1.54) is 32.4 Å². The summed E-state index contributed by atoms with van der Waals surface area (Å²) < 4.78 is 21.6. The highest BCUT2D eigenvalue weighted by Gasteiger charge is 2.75. The number of carboxylic acid groups (broad SMARTS) is 1. The molecule has 41 heavy (non-hydrogen) atoms. The third kappa shape index (κ3) is 4.69. The van der Waals surface area contributed by atoms with Crippen molar-refractivity contribution in [3.8, 4) is 0 Å². The number of rotatable bonds is 8. The predicted octanol–water partition coefficient (Wildman–Crippen LogP) is -1.18. The highest BCUT2D eigenvalue weighted by molar-refractivity contribution is 5.82. The maximum Gasteiger partial charge on any atom is 0.338 e. The van der Waals surface area contributed by atoms with E-state index in [4.69, 9.17) is 18.6 Å². The maximum absolute atomic E-state index is 13.2. The van der Waals surface area contributed by atoms with E-state index in [0.29, 0.717) is 5.56 Å². The Morgan fingerprint density at radius 2 is 1.80 bits per heavy atom. The van der Waals surface area contributed by atoms with E-state index in [-0.39, 0.29) is 25.7 Å². The molecule has 3 aliphatic rings. The number of hydrogen-bond donors (Lipinski definition) is 8. The van der Waals surface area contributed by atoms with Crippen molar-refractivity contribution >= 4 is 11.9 Å². The van der Waals surface area contributed by atoms with Gasteiger partial charge in [-0.1, -0.05) is 13.8 Å². The van der Waals surface area contributed by atoms with Crippen LogP contribution in [0, 0.1) is 16.7 Å². The third-order valence-corrected chi connectivity index (χ3v) is 10.1.